The summed E-state index contributed by atoms with van der Waals surface area (Å²) in [6, 6.07) is 0. The zero-order valence-electron chi connectivity index (χ0n) is 10.5. The molecular formula is C6H9O13P3-6. The quantitative estimate of drug-likeness (QED) is 0.376. The molecular weight excluding hydrogens is 373 g/mol. The first-order valence-corrected chi connectivity index (χ1v) is 9.82. The lowest BCUT2D eigenvalue weighted by Crippen LogP contribution is -2.47. The lowest BCUT2D eigenvalue weighted by molar-refractivity contribution is -0.360. The van der Waals surface area contributed by atoms with Gasteiger partial charge >= 0.3 is 0 Å². The number of rotatable bonds is 7. The average molecular weight is 382 g/mol. The van der Waals surface area contributed by atoms with Gasteiger partial charge in [0.15, 0.2) is 0 Å². The molecule has 0 N–H and O–H groups in total. The molecule has 0 aromatic carbocycles. The van der Waals surface area contributed by atoms with Crippen molar-refractivity contribution in [2.24, 2.45) is 0 Å². The summed E-state index contributed by atoms with van der Waals surface area (Å²) in [7, 11) is -16.4. The van der Waals surface area contributed by atoms with Gasteiger partial charge in [-0.15, -0.1) is 0 Å². The van der Waals surface area contributed by atoms with Crippen LogP contribution in [0.1, 0.15) is 6.42 Å². The molecule has 1 heterocycles. The number of phosphoric acid groups is 3. The van der Waals surface area contributed by atoms with E-state index in [2.05, 4.69) is 13.6 Å². The summed E-state index contributed by atoms with van der Waals surface area (Å²) < 4.78 is 48.2. The van der Waals surface area contributed by atoms with Crippen molar-refractivity contribution in [3.05, 3.63) is 0 Å². The van der Waals surface area contributed by atoms with Crippen LogP contribution in [0.15, 0.2) is 0 Å². The normalized spacial score (nSPS) is 27.8. The molecule has 1 aliphatic rings. The Morgan fingerprint density at radius 2 is 1.36 bits per heavy atom. The molecule has 132 valence electrons. The molecule has 1 fully saturated rings. The third kappa shape index (κ3) is 8.80. The molecule has 16 heteroatoms. The smallest absolute Gasteiger partial charge is 0.113 e. The van der Waals surface area contributed by atoms with Gasteiger partial charge in [-0.1, -0.05) is 0 Å². The Morgan fingerprint density at radius 3 is 1.82 bits per heavy atom. The minimum Gasteiger partial charge on any atom is -0.790 e. The van der Waals surface area contributed by atoms with Crippen LogP contribution in [-0.4, -0.2) is 31.5 Å². The van der Waals surface area contributed by atoms with E-state index in [0.717, 1.165) is 0 Å². The predicted octanol–water partition coefficient (Wildman–Crippen LogP) is -4.95. The first kappa shape index (κ1) is 20.3. The number of phosphoric ester groups is 3. The summed E-state index contributed by atoms with van der Waals surface area (Å²) in [5.41, 5.74) is 0. The van der Waals surface area contributed by atoms with Crippen molar-refractivity contribution in [3.8, 4) is 0 Å². The number of hydrogen-bond acceptors (Lipinski definition) is 13. The van der Waals surface area contributed by atoms with Crippen molar-refractivity contribution in [2.75, 3.05) is 13.2 Å². The maximum absolute atomic E-state index is 10.6. The zero-order valence-corrected chi connectivity index (χ0v) is 13.2. The van der Waals surface area contributed by atoms with E-state index in [1.807, 2.05) is 0 Å². The molecule has 0 saturated carbocycles. The Balaban J connectivity index is 2.73. The summed E-state index contributed by atoms with van der Waals surface area (Å²) >= 11 is 0. The van der Waals surface area contributed by atoms with Crippen LogP contribution in [0, 0.1) is 0 Å². The topological polar surface area (TPSA) is 226 Å². The van der Waals surface area contributed by atoms with E-state index in [1.54, 1.807) is 0 Å². The summed E-state index contributed by atoms with van der Waals surface area (Å²) in [5, 5.41) is 0. The molecule has 0 radical (unpaired) electrons. The van der Waals surface area contributed by atoms with Gasteiger partial charge in [0.05, 0.1) is 48.9 Å². The third-order valence-corrected chi connectivity index (χ3v) is 3.88. The fourth-order valence-corrected chi connectivity index (χ4v) is 3.08. The Labute approximate surface area is 123 Å². The predicted molar refractivity (Wildman–Crippen MR) is 52.9 cm³/mol. The Morgan fingerprint density at radius 1 is 0.864 bits per heavy atom. The van der Waals surface area contributed by atoms with Gasteiger partial charge in [0.25, 0.3) is 0 Å². The molecule has 13 nitrogen and oxygen atoms in total. The molecule has 0 spiro atoms. The Bertz CT molecular complexity index is 502. The van der Waals surface area contributed by atoms with Crippen molar-refractivity contribution in [1.82, 2.24) is 0 Å². The lowest BCUT2D eigenvalue weighted by Gasteiger charge is -2.44. The molecule has 3 atom stereocenters. The minimum absolute atomic E-state index is 0.570. The maximum atomic E-state index is 10.6. The van der Waals surface area contributed by atoms with Gasteiger partial charge in [-0.25, -0.2) is 0 Å². The second kappa shape index (κ2) is 7.45. The van der Waals surface area contributed by atoms with Crippen molar-refractivity contribution >= 4 is 23.5 Å². The van der Waals surface area contributed by atoms with Crippen LogP contribution in [0.2, 0.25) is 0 Å². The second-order valence-corrected chi connectivity index (χ2v) is 7.48. The summed E-state index contributed by atoms with van der Waals surface area (Å²) in [6.07, 6.45) is -5.22. The SMILES string of the molecule is O=P([O-])([O-])OCC1C[C@H](OP(=O)([O-])[O-])C(OP(=O)([O-])[O-])CO1. The summed E-state index contributed by atoms with van der Waals surface area (Å²) in [4.78, 5) is 62.8. The summed E-state index contributed by atoms with van der Waals surface area (Å²) in [5.74, 6) is 0. The maximum Gasteiger partial charge on any atom is 0.113 e. The highest BCUT2D eigenvalue weighted by Crippen LogP contribution is 2.38. The third-order valence-electron chi connectivity index (χ3n) is 2.35. The largest absolute Gasteiger partial charge is 0.790 e. The molecule has 0 aromatic rings. The standard InChI is InChI=1S/C6H15O13P3/c7-20(8,9)17-2-4-1-5(18-21(10,11)12)6(3-16-4)19-22(13,14)15/h4-6H,1-3H2,(H2,7,8,9)(H2,10,11,12)(H2,13,14,15)/p-6/t4?,5-,6?/m0/s1. The van der Waals surface area contributed by atoms with E-state index < -0.39 is 61.4 Å². The van der Waals surface area contributed by atoms with Gasteiger partial charge in [0.2, 0.25) is 0 Å². The van der Waals surface area contributed by atoms with Crippen LogP contribution in [0.25, 0.3) is 0 Å². The molecule has 2 unspecified atom stereocenters. The Hall–Kier alpha value is 0.290. The van der Waals surface area contributed by atoms with Gasteiger partial charge in [-0.05, 0) is 0 Å². The highest BCUT2D eigenvalue weighted by molar-refractivity contribution is 7.43. The fraction of sp³-hybridized carbons (Fsp3) is 1.00. The Kier molecular flexibility index (Phi) is 6.89. The number of ether oxygens (including phenoxy) is 1. The molecule has 0 amide bonds. The molecule has 1 rings (SSSR count). The molecule has 1 saturated heterocycles. The summed E-state index contributed by atoms with van der Waals surface area (Å²) in [6.45, 7) is -1.53. The van der Waals surface area contributed by atoms with Gasteiger partial charge in [0, 0.05) is 6.42 Å². The van der Waals surface area contributed by atoms with Crippen LogP contribution in [0.5, 0.6) is 0 Å². The molecule has 0 aromatic heterocycles. The molecule has 0 bridgehead atoms. The van der Waals surface area contributed by atoms with Crippen LogP contribution >= 0.6 is 23.5 Å². The molecule has 22 heavy (non-hydrogen) atoms. The van der Waals surface area contributed by atoms with E-state index in [1.165, 1.54) is 0 Å². The van der Waals surface area contributed by atoms with E-state index in [-0.39, 0.29) is 0 Å². The fourth-order valence-electron chi connectivity index (χ4n) is 1.65. The zero-order chi connectivity index (χ0) is 17.2. The second-order valence-electron chi connectivity index (χ2n) is 4.12. The van der Waals surface area contributed by atoms with Crippen LogP contribution in [-0.2, 0) is 32.0 Å². The van der Waals surface area contributed by atoms with E-state index >= 15 is 0 Å². The average Bonchev–Trinajstić information content (AvgIpc) is 2.24. The van der Waals surface area contributed by atoms with Crippen LogP contribution in [0.3, 0.4) is 0 Å². The molecule has 1 aliphatic heterocycles. The van der Waals surface area contributed by atoms with Crippen molar-refractivity contribution in [3.63, 3.8) is 0 Å². The van der Waals surface area contributed by atoms with Gasteiger partial charge in [0.1, 0.15) is 6.10 Å². The minimum atomic E-state index is -5.56. The van der Waals surface area contributed by atoms with Gasteiger partial charge < -0.3 is 61.4 Å². The van der Waals surface area contributed by atoms with E-state index in [4.69, 9.17) is 4.74 Å². The lowest BCUT2D eigenvalue weighted by atomic mass is 10.0. The highest BCUT2D eigenvalue weighted by Gasteiger charge is 2.34. The van der Waals surface area contributed by atoms with E-state index in [9.17, 15) is 43.1 Å². The monoisotopic (exact) mass is 382 g/mol. The first-order chi connectivity index (χ1) is 9.75. The van der Waals surface area contributed by atoms with Crippen LogP contribution < -0.4 is 29.4 Å². The first-order valence-electron chi connectivity index (χ1n) is 5.44. The highest BCUT2D eigenvalue weighted by atomic mass is 31.2. The van der Waals surface area contributed by atoms with Crippen molar-refractivity contribution in [2.45, 2.75) is 24.7 Å². The van der Waals surface area contributed by atoms with Crippen LogP contribution in [0.4, 0.5) is 0 Å². The van der Waals surface area contributed by atoms with Crippen molar-refractivity contribution in [1.29, 1.82) is 0 Å². The van der Waals surface area contributed by atoms with E-state index in [0.29, 0.717) is 0 Å². The van der Waals surface area contributed by atoms with Gasteiger partial charge in [-0.2, -0.15) is 0 Å². The number of hydrogen-bond donors (Lipinski definition) is 0. The van der Waals surface area contributed by atoms with Crippen molar-refractivity contribution < 1.29 is 61.4 Å². The molecule has 0 aliphatic carbocycles. The van der Waals surface area contributed by atoms with Gasteiger partial charge in [-0.3, -0.25) is 0 Å².